The third-order valence-electron chi connectivity index (χ3n) is 4.09. The molecule has 0 heterocycles. The summed E-state index contributed by atoms with van der Waals surface area (Å²) in [5.41, 5.74) is 8.79. The maximum atomic E-state index is 12.1. The van der Waals surface area contributed by atoms with Gasteiger partial charge in [-0.25, -0.2) is 0 Å². The number of amides is 1. The maximum Gasteiger partial charge on any atom is 0.248 e. The molecule has 3 N–H and O–H groups in total. The number of benzene rings is 2. The fraction of sp³-hybridized carbons (Fsp3) is 0.300. The van der Waals surface area contributed by atoms with E-state index < -0.39 is 5.91 Å². The first-order valence-electron chi connectivity index (χ1n) is 8.17. The summed E-state index contributed by atoms with van der Waals surface area (Å²) >= 11 is 0. The first-order chi connectivity index (χ1) is 11.5. The fourth-order valence-electron chi connectivity index (χ4n) is 2.43. The Kier molecular flexibility index (Phi) is 6.27. The van der Waals surface area contributed by atoms with Crippen LogP contribution in [0.15, 0.2) is 48.5 Å². The first kappa shape index (κ1) is 17.9. The Hall–Kier alpha value is -2.46. The number of aryl methyl sites for hydroxylation is 2. The molecule has 24 heavy (non-hydrogen) atoms. The van der Waals surface area contributed by atoms with Gasteiger partial charge in [-0.05, 0) is 44.4 Å². The van der Waals surface area contributed by atoms with Gasteiger partial charge in [0.2, 0.25) is 5.91 Å². The van der Waals surface area contributed by atoms with E-state index >= 15 is 0 Å². The highest BCUT2D eigenvalue weighted by Gasteiger charge is 2.08. The summed E-state index contributed by atoms with van der Waals surface area (Å²) in [5.74, 6) is -0.307. The van der Waals surface area contributed by atoms with Crippen molar-refractivity contribution in [3.63, 3.8) is 0 Å². The van der Waals surface area contributed by atoms with Crippen LogP contribution in [0.3, 0.4) is 0 Å². The average Bonchev–Trinajstić information content (AvgIpc) is 2.58. The zero-order valence-corrected chi connectivity index (χ0v) is 14.2. The minimum atomic E-state index is -0.411. The van der Waals surface area contributed by atoms with Crippen LogP contribution in [0.4, 0.5) is 0 Å². The molecular weight excluding hydrogens is 300 g/mol. The molecule has 2 rings (SSSR count). The Morgan fingerprint density at radius 3 is 2.17 bits per heavy atom. The van der Waals surface area contributed by atoms with Gasteiger partial charge in [-0.15, -0.1) is 0 Å². The van der Waals surface area contributed by atoms with Gasteiger partial charge in [0.05, 0.1) is 6.54 Å². The van der Waals surface area contributed by atoms with Gasteiger partial charge in [-0.2, -0.15) is 0 Å². The summed E-state index contributed by atoms with van der Waals surface area (Å²) < 4.78 is 0. The number of carbonyl (C=O) groups is 2. The summed E-state index contributed by atoms with van der Waals surface area (Å²) in [6.45, 7) is 4.41. The predicted octanol–water partition coefficient (Wildman–Crippen LogP) is 2.89. The van der Waals surface area contributed by atoms with Gasteiger partial charge in [0.1, 0.15) is 0 Å². The van der Waals surface area contributed by atoms with Gasteiger partial charge in [-0.3, -0.25) is 9.59 Å². The molecule has 0 fully saturated rings. The summed E-state index contributed by atoms with van der Waals surface area (Å²) in [6.07, 6.45) is 1.79. The Labute approximate surface area is 143 Å². The van der Waals surface area contributed by atoms with Crippen LogP contribution >= 0.6 is 0 Å². The van der Waals surface area contributed by atoms with Gasteiger partial charge >= 0.3 is 0 Å². The molecule has 0 saturated heterocycles. The number of Topliss-reactive ketones (excluding diaryl/α,β-unsaturated/α-hetero) is 1. The van der Waals surface area contributed by atoms with Gasteiger partial charge in [-0.1, -0.05) is 42.0 Å². The van der Waals surface area contributed by atoms with E-state index in [0.29, 0.717) is 12.1 Å². The van der Waals surface area contributed by atoms with Crippen LogP contribution in [0.5, 0.6) is 0 Å². The van der Waals surface area contributed by atoms with Crippen LogP contribution in [-0.2, 0) is 6.42 Å². The molecule has 0 aliphatic heterocycles. The molecule has 0 bridgehead atoms. The molecule has 0 saturated carbocycles. The van der Waals surface area contributed by atoms with Crippen LogP contribution in [0, 0.1) is 6.92 Å². The van der Waals surface area contributed by atoms with E-state index in [1.807, 2.05) is 43.3 Å². The number of nitrogens with one attached hydrogen (secondary N) is 1. The Morgan fingerprint density at radius 2 is 1.58 bits per heavy atom. The standard InChI is InChI=1S/C20H24N2O2/c1-14-3-9-17(10-4-14)19(23)13-22-15(2)5-6-16-7-11-18(12-8-16)20(21)24/h3-4,7-12,15,22H,5-6,13H2,1-2H3,(H2,21,24). The molecule has 0 aromatic heterocycles. The Bertz CT molecular complexity index is 691. The predicted molar refractivity (Wildman–Crippen MR) is 96.3 cm³/mol. The van der Waals surface area contributed by atoms with Crippen molar-refractivity contribution >= 4 is 11.7 Å². The quantitative estimate of drug-likeness (QED) is 0.733. The van der Waals surface area contributed by atoms with Crippen LogP contribution < -0.4 is 11.1 Å². The normalized spacial score (nSPS) is 11.9. The molecule has 1 unspecified atom stereocenters. The second kappa shape index (κ2) is 8.41. The lowest BCUT2D eigenvalue weighted by Gasteiger charge is -2.13. The van der Waals surface area contributed by atoms with E-state index in [-0.39, 0.29) is 11.8 Å². The molecule has 1 atom stereocenters. The molecule has 0 aliphatic rings. The zero-order chi connectivity index (χ0) is 17.5. The largest absolute Gasteiger partial charge is 0.366 e. The molecule has 0 aliphatic carbocycles. The lowest BCUT2D eigenvalue weighted by Crippen LogP contribution is -2.31. The third-order valence-corrected chi connectivity index (χ3v) is 4.09. The number of rotatable bonds is 8. The number of hydrogen-bond donors (Lipinski definition) is 2. The summed E-state index contributed by atoms with van der Waals surface area (Å²) in [6, 6.07) is 15.2. The summed E-state index contributed by atoms with van der Waals surface area (Å²) in [7, 11) is 0. The number of primary amides is 1. The molecule has 4 heteroatoms. The van der Waals surface area contributed by atoms with Gasteiger partial charge < -0.3 is 11.1 Å². The van der Waals surface area contributed by atoms with E-state index in [0.717, 1.165) is 29.5 Å². The maximum absolute atomic E-state index is 12.1. The number of carbonyl (C=O) groups excluding carboxylic acids is 2. The molecule has 1 amide bonds. The number of hydrogen-bond acceptors (Lipinski definition) is 3. The lowest BCUT2D eigenvalue weighted by atomic mass is 10.0. The molecule has 0 radical (unpaired) electrons. The van der Waals surface area contributed by atoms with Crippen molar-refractivity contribution < 1.29 is 9.59 Å². The fourth-order valence-corrected chi connectivity index (χ4v) is 2.43. The van der Waals surface area contributed by atoms with Gasteiger partial charge in [0, 0.05) is 17.2 Å². The zero-order valence-electron chi connectivity index (χ0n) is 14.2. The Balaban J connectivity index is 1.76. The van der Waals surface area contributed by atoms with Crippen LogP contribution in [0.2, 0.25) is 0 Å². The SMILES string of the molecule is Cc1ccc(C(=O)CNC(C)CCc2ccc(C(N)=O)cc2)cc1. The van der Waals surface area contributed by atoms with E-state index in [9.17, 15) is 9.59 Å². The first-order valence-corrected chi connectivity index (χ1v) is 8.17. The third kappa shape index (κ3) is 5.32. The van der Waals surface area contributed by atoms with E-state index in [2.05, 4.69) is 12.2 Å². The van der Waals surface area contributed by atoms with Crippen molar-refractivity contribution in [2.24, 2.45) is 5.73 Å². The van der Waals surface area contributed by atoms with E-state index in [1.54, 1.807) is 12.1 Å². The Morgan fingerprint density at radius 1 is 1.00 bits per heavy atom. The van der Waals surface area contributed by atoms with Crippen molar-refractivity contribution in [2.75, 3.05) is 6.54 Å². The average molecular weight is 324 g/mol. The number of nitrogens with two attached hydrogens (primary N) is 1. The van der Waals surface area contributed by atoms with Crippen LogP contribution in [0.1, 0.15) is 45.2 Å². The second-order valence-corrected chi connectivity index (χ2v) is 6.17. The monoisotopic (exact) mass is 324 g/mol. The lowest BCUT2D eigenvalue weighted by molar-refractivity contribution is 0.0983. The molecule has 4 nitrogen and oxygen atoms in total. The molecule has 0 spiro atoms. The van der Waals surface area contributed by atoms with Crippen molar-refractivity contribution in [1.82, 2.24) is 5.32 Å². The van der Waals surface area contributed by atoms with Crippen molar-refractivity contribution in [3.8, 4) is 0 Å². The van der Waals surface area contributed by atoms with E-state index in [4.69, 9.17) is 5.73 Å². The molecule has 2 aromatic rings. The molecule has 126 valence electrons. The van der Waals surface area contributed by atoms with Crippen molar-refractivity contribution in [2.45, 2.75) is 32.7 Å². The van der Waals surface area contributed by atoms with Crippen LogP contribution in [-0.4, -0.2) is 24.3 Å². The second-order valence-electron chi connectivity index (χ2n) is 6.17. The highest BCUT2D eigenvalue weighted by atomic mass is 16.1. The highest BCUT2D eigenvalue weighted by molar-refractivity contribution is 5.97. The smallest absolute Gasteiger partial charge is 0.248 e. The van der Waals surface area contributed by atoms with Gasteiger partial charge in [0.15, 0.2) is 5.78 Å². The summed E-state index contributed by atoms with van der Waals surface area (Å²) in [4.78, 5) is 23.2. The topological polar surface area (TPSA) is 72.2 Å². The molecular formula is C20H24N2O2. The minimum absolute atomic E-state index is 0.104. The molecule has 2 aromatic carbocycles. The van der Waals surface area contributed by atoms with Crippen LogP contribution in [0.25, 0.3) is 0 Å². The summed E-state index contributed by atoms with van der Waals surface area (Å²) in [5, 5.41) is 3.27. The van der Waals surface area contributed by atoms with Crippen molar-refractivity contribution in [3.05, 3.63) is 70.8 Å². The van der Waals surface area contributed by atoms with E-state index in [1.165, 1.54) is 0 Å². The van der Waals surface area contributed by atoms with Gasteiger partial charge in [0.25, 0.3) is 0 Å². The number of ketones is 1. The highest BCUT2D eigenvalue weighted by Crippen LogP contribution is 2.08. The minimum Gasteiger partial charge on any atom is -0.366 e. The van der Waals surface area contributed by atoms with Crippen molar-refractivity contribution in [1.29, 1.82) is 0 Å².